The standard InChI is InChI=1S/C18H34N/c1-6-7-8-19(4,5)18-11-15-9-16(2,13-18)12-17(3,10-15)14-18/h15H,6-14H2,1-5H3/q+1. The van der Waals surface area contributed by atoms with Crippen LogP contribution < -0.4 is 0 Å². The van der Waals surface area contributed by atoms with Crippen LogP contribution in [0.5, 0.6) is 0 Å². The van der Waals surface area contributed by atoms with E-state index in [-0.39, 0.29) is 0 Å². The lowest BCUT2D eigenvalue weighted by Gasteiger charge is -2.68. The van der Waals surface area contributed by atoms with E-state index < -0.39 is 0 Å². The van der Waals surface area contributed by atoms with E-state index in [2.05, 4.69) is 34.9 Å². The molecule has 0 N–H and O–H groups in total. The molecule has 1 heteroatoms. The summed E-state index contributed by atoms with van der Waals surface area (Å²) in [6.45, 7) is 8.92. The van der Waals surface area contributed by atoms with E-state index in [0.717, 1.165) is 5.92 Å². The van der Waals surface area contributed by atoms with Gasteiger partial charge in [0.05, 0.1) is 20.6 Å². The molecule has 4 fully saturated rings. The summed E-state index contributed by atoms with van der Waals surface area (Å²) in [5, 5.41) is 0. The molecule has 4 bridgehead atoms. The predicted molar refractivity (Wildman–Crippen MR) is 82.0 cm³/mol. The van der Waals surface area contributed by atoms with Gasteiger partial charge >= 0.3 is 0 Å². The average molecular weight is 264 g/mol. The number of unbranched alkanes of at least 4 members (excludes halogenated alkanes) is 1. The van der Waals surface area contributed by atoms with Gasteiger partial charge in [0.15, 0.2) is 0 Å². The first-order valence-electron chi connectivity index (χ1n) is 8.55. The fraction of sp³-hybridized carbons (Fsp3) is 1.00. The Balaban J connectivity index is 1.92. The number of hydrogen-bond donors (Lipinski definition) is 0. The van der Waals surface area contributed by atoms with Gasteiger partial charge in [0.2, 0.25) is 0 Å². The van der Waals surface area contributed by atoms with Gasteiger partial charge in [-0.1, -0.05) is 27.2 Å². The van der Waals surface area contributed by atoms with E-state index in [1.807, 2.05) is 0 Å². The van der Waals surface area contributed by atoms with Crippen molar-refractivity contribution in [3.63, 3.8) is 0 Å². The molecular formula is C18H34N+. The highest BCUT2D eigenvalue weighted by Crippen LogP contribution is 2.68. The minimum absolute atomic E-state index is 0.609. The quantitative estimate of drug-likeness (QED) is 0.650. The van der Waals surface area contributed by atoms with E-state index in [0.29, 0.717) is 16.4 Å². The lowest BCUT2D eigenvalue weighted by molar-refractivity contribution is -0.949. The van der Waals surface area contributed by atoms with E-state index in [4.69, 9.17) is 0 Å². The molecule has 0 radical (unpaired) electrons. The molecule has 0 aromatic carbocycles. The molecule has 0 amide bonds. The molecular weight excluding hydrogens is 230 g/mol. The summed E-state index contributed by atoms with van der Waals surface area (Å²) in [6.07, 6.45) is 11.8. The normalized spacial score (nSPS) is 48.8. The molecule has 110 valence electrons. The minimum atomic E-state index is 0.609. The molecule has 0 spiro atoms. The summed E-state index contributed by atoms with van der Waals surface area (Å²) in [6, 6.07) is 0. The first-order valence-corrected chi connectivity index (χ1v) is 8.55. The van der Waals surface area contributed by atoms with Crippen LogP contribution in [-0.4, -0.2) is 30.7 Å². The van der Waals surface area contributed by atoms with Gasteiger partial charge in [0.1, 0.15) is 5.54 Å². The van der Waals surface area contributed by atoms with E-state index in [9.17, 15) is 0 Å². The van der Waals surface area contributed by atoms with Crippen molar-refractivity contribution < 1.29 is 4.48 Å². The second kappa shape index (κ2) is 4.00. The maximum absolute atomic E-state index is 2.60. The average Bonchev–Trinajstić information content (AvgIpc) is 2.21. The van der Waals surface area contributed by atoms with Gasteiger partial charge in [-0.3, -0.25) is 0 Å². The third-order valence-electron chi connectivity index (χ3n) is 6.95. The third-order valence-corrected chi connectivity index (χ3v) is 6.95. The summed E-state index contributed by atoms with van der Waals surface area (Å²) in [4.78, 5) is 0. The Morgan fingerprint density at radius 3 is 2.00 bits per heavy atom. The molecule has 2 atom stereocenters. The third kappa shape index (κ3) is 2.07. The number of nitrogens with zero attached hydrogens (tertiary/aromatic N) is 1. The SMILES string of the molecule is CCCC[N+](C)(C)C12CC3CC(C)(CC(C)(C3)C1)C2. The zero-order valence-electron chi connectivity index (χ0n) is 13.9. The number of quaternary nitrogens is 1. The van der Waals surface area contributed by atoms with Crippen LogP contribution in [0.3, 0.4) is 0 Å². The number of rotatable bonds is 4. The Labute approximate surface area is 120 Å². The molecule has 2 unspecified atom stereocenters. The Kier molecular flexibility index (Phi) is 2.93. The lowest BCUT2D eigenvalue weighted by Crippen LogP contribution is -2.70. The highest BCUT2D eigenvalue weighted by Gasteiger charge is 2.65. The van der Waals surface area contributed by atoms with Crippen LogP contribution in [0.2, 0.25) is 0 Å². The maximum Gasteiger partial charge on any atom is 0.100 e. The summed E-state index contributed by atoms with van der Waals surface area (Å²) < 4.78 is 1.29. The van der Waals surface area contributed by atoms with Gasteiger partial charge in [-0.2, -0.15) is 0 Å². The molecule has 0 aromatic heterocycles. The van der Waals surface area contributed by atoms with Gasteiger partial charge < -0.3 is 4.48 Å². The fourth-order valence-electron chi connectivity index (χ4n) is 6.85. The van der Waals surface area contributed by atoms with Gasteiger partial charge in [-0.15, -0.1) is 0 Å². The second-order valence-corrected chi connectivity index (χ2v) is 9.62. The monoisotopic (exact) mass is 264 g/mol. The smallest absolute Gasteiger partial charge is 0.100 e. The number of hydrogen-bond acceptors (Lipinski definition) is 0. The van der Waals surface area contributed by atoms with Crippen molar-refractivity contribution in [2.24, 2.45) is 16.7 Å². The summed E-state index contributed by atoms with van der Waals surface area (Å²) in [5.41, 5.74) is 1.93. The zero-order chi connectivity index (χ0) is 13.9. The highest BCUT2D eigenvalue weighted by molar-refractivity contribution is 5.11. The van der Waals surface area contributed by atoms with Gasteiger partial charge in [0.25, 0.3) is 0 Å². The molecule has 1 nitrogen and oxygen atoms in total. The van der Waals surface area contributed by atoms with Crippen molar-refractivity contribution >= 4 is 0 Å². The Morgan fingerprint density at radius 1 is 0.947 bits per heavy atom. The molecule has 4 saturated carbocycles. The van der Waals surface area contributed by atoms with Crippen molar-refractivity contribution in [3.8, 4) is 0 Å². The molecule has 0 aromatic rings. The summed E-state index contributed by atoms with van der Waals surface area (Å²) >= 11 is 0. The van der Waals surface area contributed by atoms with Crippen LogP contribution in [0.1, 0.15) is 72.1 Å². The summed E-state index contributed by atoms with van der Waals surface area (Å²) in [7, 11) is 5.07. The largest absolute Gasteiger partial charge is 0.324 e. The summed E-state index contributed by atoms with van der Waals surface area (Å²) in [5.74, 6) is 1.03. The van der Waals surface area contributed by atoms with Crippen LogP contribution in [0.25, 0.3) is 0 Å². The minimum Gasteiger partial charge on any atom is -0.324 e. The lowest BCUT2D eigenvalue weighted by atomic mass is 9.42. The van der Waals surface area contributed by atoms with Gasteiger partial charge in [-0.05, 0) is 42.4 Å². The van der Waals surface area contributed by atoms with E-state index >= 15 is 0 Å². The van der Waals surface area contributed by atoms with Crippen LogP contribution in [0, 0.1) is 16.7 Å². The van der Waals surface area contributed by atoms with Crippen molar-refractivity contribution in [2.75, 3.05) is 20.6 Å². The molecule has 0 saturated heterocycles. The fourth-order valence-corrected chi connectivity index (χ4v) is 6.85. The highest BCUT2D eigenvalue weighted by atomic mass is 15.4. The molecule has 4 rings (SSSR count). The van der Waals surface area contributed by atoms with Crippen molar-refractivity contribution in [1.29, 1.82) is 0 Å². The van der Waals surface area contributed by atoms with Crippen molar-refractivity contribution in [2.45, 2.75) is 77.7 Å². The van der Waals surface area contributed by atoms with Gasteiger partial charge in [-0.25, -0.2) is 0 Å². The Hall–Kier alpha value is -0.0400. The first-order chi connectivity index (χ1) is 8.72. The maximum atomic E-state index is 2.60. The Bertz CT molecular complexity index is 352. The van der Waals surface area contributed by atoms with Crippen molar-refractivity contribution in [1.82, 2.24) is 0 Å². The van der Waals surface area contributed by atoms with Crippen molar-refractivity contribution in [3.05, 3.63) is 0 Å². The molecule has 4 aliphatic rings. The molecule has 4 aliphatic carbocycles. The Morgan fingerprint density at radius 2 is 1.53 bits per heavy atom. The molecule has 19 heavy (non-hydrogen) atoms. The van der Waals surface area contributed by atoms with Crippen LogP contribution in [0.15, 0.2) is 0 Å². The second-order valence-electron chi connectivity index (χ2n) is 9.62. The van der Waals surface area contributed by atoms with Gasteiger partial charge in [0, 0.05) is 19.3 Å². The van der Waals surface area contributed by atoms with E-state index in [1.165, 1.54) is 62.4 Å². The van der Waals surface area contributed by atoms with E-state index in [1.54, 1.807) is 0 Å². The topological polar surface area (TPSA) is 0 Å². The van der Waals surface area contributed by atoms with Crippen LogP contribution >= 0.6 is 0 Å². The predicted octanol–water partition coefficient (Wildman–Crippen LogP) is 4.61. The first kappa shape index (κ1) is 13.9. The van der Waals surface area contributed by atoms with Crippen LogP contribution in [0.4, 0.5) is 0 Å². The molecule has 0 aliphatic heterocycles. The zero-order valence-corrected chi connectivity index (χ0v) is 13.9. The molecule has 0 heterocycles. The van der Waals surface area contributed by atoms with Crippen LogP contribution in [-0.2, 0) is 0 Å².